The molecule has 0 bridgehead atoms. The van der Waals surface area contributed by atoms with Gasteiger partial charge in [0.05, 0.1) is 35.1 Å². The summed E-state index contributed by atoms with van der Waals surface area (Å²) in [6.45, 7) is 33.9. The van der Waals surface area contributed by atoms with Gasteiger partial charge in [-0.1, -0.05) is 62.8 Å². The summed E-state index contributed by atoms with van der Waals surface area (Å²) in [5.41, 5.74) is -1.38. The molecule has 11 heteroatoms. The summed E-state index contributed by atoms with van der Waals surface area (Å²) in [6, 6.07) is 0. The molecule has 2 N–H and O–H groups in total. The van der Waals surface area contributed by atoms with E-state index in [0.717, 1.165) is 89.9 Å². The van der Waals surface area contributed by atoms with E-state index in [9.17, 15) is 29.4 Å². The average molecular weight is 1160 g/mol. The molecule has 2 aliphatic heterocycles. The van der Waals surface area contributed by atoms with Crippen molar-refractivity contribution in [2.75, 3.05) is 0 Å². The summed E-state index contributed by atoms with van der Waals surface area (Å²) in [7, 11) is 0. The van der Waals surface area contributed by atoms with Crippen molar-refractivity contribution in [3.8, 4) is 0 Å². The third-order valence-corrected chi connectivity index (χ3v) is 27.9. The maximum absolute atomic E-state index is 13.0. The molecule has 0 amide bonds. The van der Waals surface area contributed by atoms with E-state index in [4.69, 9.17) is 18.9 Å². The predicted octanol–water partition coefficient (Wildman–Crippen LogP) is 11.9. The van der Waals surface area contributed by atoms with E-state index in [1.54, 1.807) is 0 Å². The van der Waals surface area contributed by atoms with Crippen LogP contribution in [-0.4, -0.2) is 106 Å². The van der Waals surface area contributed by atoms with Gasteiger partial charge in [-0.15, -0.1) is 0 Å². The number of fused-ring (bicyclic) bond motifs is 4. The van der Waals surface area contributed by atoms with Gasteiger partial charge in [0.15, 0.2) is 0 Å². The van der Waals surface area contributed by atoms with Crippen LogP contribution in [0.4, 0.5) is 0 Å². The molecular formula is C65H107InO10. The van der Waals surface area contributed by atoms with Crippen molar-refractivity contribution in [2.24, 2.45) is 89.7 Å². The van der Waals surface area contributed by atoms with Gasteiger partial charge in [-0.05, 0) is 224 Å². The van der Waals surface area contributed by atoms with E-state index in [1.807, 2.05) is 27.7 Å². The fourth-order valence-electron chi connectivity index (χ4n) is 24.5. The number of aliphatic hydroxyl groups excluding tert-OH is 1. The minimum atomic E-state index is -0.855. The van der Waals surface area contributed by atoms with Crippen LogP contribution < -0.4 is 0 Å². The topological polar surface area (TPSA) is 146 Å². The third kappa shape index (κ3) is 7.54. The molecule has 2 heterocycles. The Hall–Kier alpha value is -1.01. The van der Waals surface area contributed by atoms with E-state index < -0.39 is 22.4 Å². The van der Waals surface area contributed by atoms with Crippen molar-refractivity contribution < 1.29 is 48.3 Å². The molecule has 12 fully saturated rings. The number of rotatable bonds is 6. The molecule has 2 saturated heterocycles. The first-order valence-electron chi connectivity index (χ1n) is 30.2. The summed E-state index contributed by atoms with van der Waals surface area (Å²) in [4.78, 5) is 50.3. The van der Waals surface area contributed by atoms with Gasteiger partial charge in [-0.3, -0.25) is 19.2 Å². The Morgan fingerprint density at radius 3 is 1.39 bits per heavy atom. The van der Waals surface area contributed by atoms with Gasteiger partial charge in [0, 0.05) is 49.4 Å². The molecule has 12 rings (SSSR count). The molecule has 10 saturated carbocycles. The summed E-state index contributed by atoms with van der Waals surface area (Å²) in [6.07, 6.45) is 19.9. The average Bonchev–Trinajstić information content (AvgIpc) is 3.87. The number of aliphatic hydroxyl groups is 2. The number of Topliss-reactive ketones (excluding diaryl/α,β-unsaturated/α-hetero) is 2. The first-order valence-corrected chi connectivity index (χ1v) is 30.2. The Morgan fingerprint density at radius 1 is 0.539 bits per heavy atom. The molecule has 10 nitrogen and oxygen atoms in total. The van der Waals surface area contributed by atoms with Crippen LogP contribution in [0.2, 0.25) is 0 Å². The number of carbonyl (C=O) groups is 4. The van der Waals surface area contributed by atoms with Crippen molar-refractivity contribution in [2.45, 2.75) is 293 Å². The Labute approximate surface area is 478 Å². The van der Waals surface area contributed by atoms with Crippen LogP contribution in [0.1, 0.15) is 247 Å². The van der Waals surface area contributed by atoms with Gasteiger partial charge in [0.25, 0.3) is 0 Å². The Bertz CT molecular complexity index is 2390. The van der Waals surface area contributed by atoms with Crippen LogP contribution in [0.25, 0.3) is 0 Å². The van der Waals surface area contributed by atoms with Gasteiger partial charge in [-0.2, -0.15) is 0 Å². The fraction of sp³-hybridized carbons (Fsp3) is 0.938. The fourth-order valence-corrected chi connectivity index (χ4v) is 24.5. The van der Waals surface area contributed by atoms with Crippen molar-refractivity contribution in [1.29, 1.82) is 0 Å². The molecule has 76 heavy (non-hydrogen) atoms. The number of esters is 2. The molecule has 12 aliphatic rings. The normalized spacial score (nSPS) is 52.7. The van der Waals surface area contributed by atoms with E-state index in [0.29, 0.717) is 56.9 Å². The van der Waals surface area contributed by atoms with Crippen molar-refractivity contribution >= 4 is 49.3 Å². The summed E-state index contributed by atoms with van der Waals surface area (Å²) in [5.74, 6) is 2.85. The van der Waals surface area contributed by atoms with Crippen LogP contribution in [0.3, 0.4) is 0 Å². The van der Waals surface area contributed by atoms with Crippen molar-refractivity contribution in [1.82, 2.24) is 0 Å². The first-order chi connectivity index (χ1) is 34.0. The number of hydrogen-bond acceptors (Lipinski definition) is 10. The molecule has 4 spiro atoms. The number of ether oxygens (including phenoxy) is 4. The van der Waals surface area contributed by atoms with E-state index in [1.165, 1.54) is 52.4 Å². The second-order valence-corrected chi connectivity index (χ2v) is 32.1. The van der Waals surface area contributed by atoms with Gasteiger partial charge in [0.1, 0.15) is 23.3 Å². The van der Waals surface area contributed by atoms with Crippen LogP contribution in [0.15, 0.2) is 0 Å². The quantitative estimate of drug-likeness (QED) is 0.247. The van der Waals surface area contributed by atoms with Gasteiger partial charge in [0.2, 0.25) is 0 Å². The molecule has 430 valence electrons. The molecule has 10 aliphatic carbocycles. The summed E-state index contributed by atoms with van der Waals surface area (Å²) < 4.78 is 25.6. The van der Waals surface area contributed by atoms with Crippen LogP contribution in [-0.2, 0) is 38.1 Å². The zero-order chi connectivity index (χ0) is 54.1. The third-order valence-electron chi connectivity index (χ3n) is 27.9. The zero-order valence-electron chi connectivity index (χ0n) is 49.1. The minimum absolute atomic E-state index is 0. The van der Waals surface area contributed by atoms with E-state index in [-0.39, 0.29) is 114 Å². The summed E-state index contributed by atoms with van der Waals surface area (Å²) in [5, 5.41) is 22.4. The first kappa shape index (κ1) is 59.6. The van der Waals surface area contributed by atoms with Gasteiger partial charge in [-0.25, -0.2) is 0 Å². The molecule has 0 aromatic carbocycles. The number of hydrogen-bond donors (Lipinski definition) is 2. The maximum atomic E-state index is 13.0. The molecule has 0 aromatic rings. The molecule has 0 aromatic heterocycles. The van der Waals surface area contributed by atoms with Crippen molar-refractivity contribution in [3.63, 3.8) is 0 Å². The zero-order valence-corrected chi connectivity index (χ0v) is 49.1. The van der Waals surface area contributed by atoms with Gasteiger partial charge < -0.3 is 29.2 Å². The summed E-state index contributed by atoms with van der Waals surface area (Å²) >= 11 is 0. The number of carbonyl (C=O) groups excluding carboxylic acids is 4. The van der Waals surface area contributed by atoms with E-state index >= 15 is 0 Å². The number of ketones is 2. The van der Waals surface area contributed by atoms with E-state index in [2.05, 4.69) is 69.2 Å². The monoisotopic (exact) mass is 1160 g/mol. The SMILES string of the molecule is C.CC(=O)O[C@H]1C[C@@]2(C)C3CCC4C(C)(C)C(=O)CC[C@@]45C[C@@]35CC[C@]2(C)C1[C@]1(C)CC[C@H](C(C)(C)OC(C)=O)O1.CC1(C)C(=O)CC[C@]23C[C@]24CC[C@]2(C)C([C@]5(C)CC[C@H](C(C)(C)O)O5)[C@@H](O)C[C@@]2(C)C4CCC13.[InH3]. The van der Waals surface area contributed by atoms with Crippen LogP contribution in [0.5, 0.6) is 0 Å². The molecular weight excluding hydrogens is 1060 g/mol. The van der Waals surface area contributed by atoms with Crippen LogP contribution in [0, 0.1) is 89.7 Å². The Kier molecular flexibility index (Phi) is 13.9. The van der Waals surface area contributed by atoms with Crippen LogP contribution >= 0.6 is 0 Å². The Morgan fingerprint density at radius 2 is 0.947 bits per heavy atom. The second kappa shape index (κ2) is 17.8. The standard InChI is InChI=1S/C34H52O6.C30H48O4.CH4.In.3H/c1-20(35)38-22-18-31(8)24-11-10-23-28(3,4)25(37)12-15-33(23)19-34(24,33)17-16-30(31,7)27(22)32(9)14-13-26(40-32)29(5,6)39-21(2)36;1-24(2)19-8-9-20-27(6)16-18(31)23(28(7)12-11-22(34-28)25(3,4)33)26(27,5)14-15-30(20)17-29(19,30)13-10-21(24)32;;;;;/h22-24,26-27H,10-19H2,1-9H3;18-20,22-23,31,33H,8-17H2,1-7H3;1H4;;;;/t22-,23?,24?,26+,27?,30+,31-,32-,33+,34-;18-,19?,20?,22+,23?,26+,27-,28-,29+,30-;;;;;/m00...../s1. The Balaban J connectivity index is 0.000000183. The molecule has 0 radical (unpaired) electrons. The predicted molar refractivity (Wildman–Crippen MR) is 300 cm³/mol. The molecule has 6 unspecified atom stereocenters. The van der Waals surface area contributed by atoms with Crippen molar-refractivity contribution in [3.05, 3.63) is 0 Å². The van der Waals surface area contributed by atoms with Gasteiger partial charge >= 0.3 is 37.8 Å². The molecule has 20 atom stereocenters. The second-order valence-electron chi connectivity index (χ2n) is 32.1.